The number of fused-ring (bicyclic) bond motifs is 1. The van der Waals surface area contributed by atoms with Crippen LogP contribution < -0.4 is 5.32 Å². The Morgan fingerprint density at radius 3 is 3.00 bits per heavy atom. The van der Waals surface area contributed by atoms with Crippen LogP contribution in [0.15, 0.2) is 29.8 Å². The minimum atomic E-state index is -0.264. The molecule has 0 radical (unpaired) electrons. The van der Waals surface area contributed by atoms with E-state index < -0.39 is 0 Å². The van der Waals surface area contributed by atoms with Gasteiger partial charge in [0.2, 0.25) is 0 Å². The summed E-state index contributed by atoms with van der Waals surface area (Å²) in [6.07, 6.45) is 2.86. The van der Waals surface area contributed by atoms with Crippen molar-refractivity contribution in [1.29, 1.82) is 0 Å². The molecule has 112 valence electrons. The number of aryl methyl sites for hydroxylation is 1. The van der Waals surface area contributed by atoms with Crippen LogP contribution in [0.1, 0.15) is 17.7 Å². The van der Waals surface area contributed by atoms with Gasteiger partial charge in [0, 0.05) is 31.5 Å². The summed E-state index contributed by atoms with van der Waals surface area (Å²) in [7, 11) is 0. The summed E-state index contributed by atoms with van der Waals surface area (Å²) in [5.74, 6) is 0.769. The second-order valence-corrected chi connectivity index (χ2v) is 5.46. The topological polar surface area (TPSA) is 74.5 Å². The number of aromatic nitrogens is 1. The summed E-state index contributed by atoms with van der Waals surface area (Å²) in [4.78, 5) is 19.5. The van der Waals surface area contributed by atoms with E-state index in [1.807, 2.05) is 25.3 Å². The fourth-order valence-electron chi connectivity index (χ4n) is 2.88. The van der Waals surface area contributed by atoms with E-state index in [0.29, 0.717) is 19.8 Å². The van der Waals surface area contributed by atoms with Gasteiger partial charge in [-0.2, -0.15) is 0 Å². The number of nitro groups is 1. The lowest BCUT2D eigenvalue weighted by Gasteiger charge is -2.42. The molecule has 1 aromatic rings. The number of nitrogens with zero attached hydrogens (tertiary/aromatic N) is 4. The predicted octanol–water partition coefficient (Wildman–Crippen LogP) is 0.904. The second kappa shape index (κ2) is 5.69. The lowest BCUT2D eigenvalue weighted by atomic mass is 10.1. The Morgan fingerprint density at radius 2 is 2.29 bits per heavy atom. The second-order valence-electron chi connectivity index (χ2n) is 5.46. The number of pyridine rings is 1. The standard InChI is InChI=1S/C14H19N5O2/c1-11-3-4-12(7-16-11)9-17-5-2-6-18-10-15-8-13(14(17)18)19(20)21/h3-4,7,15H,2,5-6,8-10H2,1H3. The van der Waals surface area contributed by atoms with Gasteiger partial charge < -0.3 is 9.80 Å². The van der Waals surface area contributed by atoms with Gasteiger partial charge in [-0.05, 0) is 25.0 Å². The molecule has 0 spiro atoms. The van der Waals surface area contributed by atoms with E-state index in [4.69, 9.17) is 0 Å². The molecule has 0 atom stereocenters. The number of hydrogen-bond acceptors (Lipinski definition) is 6. The number of nitrogens with one attached hydrogen (secondary N) is 1. The molecule has 2 aliphatic heterocycles. The average Bonchev–Trinajstić information content (AvgIpc) is 2.49. The Kier molecular flexibility index (Phi) is 3.74. The lowest BCUT2D eigenvalue weighted by molar-refractivity contribution is -0.431. The molecule has 1 saturated heterocycles. The van der Waals surface area contributed by atoms with Gasteiger partial charge in [0.15, 0.2) is 5.82 Å². The molecule has 0 saturated carbocycles. The van der Waals surface area contributed by atoms with Crippen molar-refractivity contribution in [3.63, 3.8) is 0 Å². The third-order valence-electron chi connectivity index (χ3n) is 3.87. The van der Waals surface area contributed by atoms with Crippen molar-refractivity contribution in [2.75, 3.05) is 26.3 Å². The molecular formula is C14H19N5O2. The quantitative estimate of drug-likeness (QED) is 0.658. The van der Waals surface area contributed by atoms with Crippen LogP contribution in [0, 0.1) is 17.0 Å². The first-order valence-corrected chi connectivity index (χ1v) is 7.15. The number of hydrogen-bond donors (Lipinski definition) is 1. The minimum absolute atomic E-state index is 0.264. The molecule has 0 amide bonds. The predicted molar refractivity (Wildman–Crippen MR) is 77.6 cm³/mol. The molecule has 0 unspecified atom stereocenters. The third-order valence-corrected chi connectivity index (χ3v) is 3.87. The van der Waals surface area contributed by atoms with E-state index in [9.17, 15) is 10.1 Å². The Bertz CT molecular complexity index is 569. The Balaban J connectivity index is 1.88. The van der Waals surface area contributed by atoms with Gasteiger partial charge in [0.1, 0.15) is 0 Å². The molecule has 1 aromatic heterocycles. The van der Waals surface area contributed by atoms with Gasteiger partial charge in [-0.15, -0.1) is 0 Å². The zero-order valence-corrected chi connectivity index (χ0v) is 12.1. The molecule has 1 fully saturated rings. The fraction of sp³-hybridized carbons (Fsp3) is 0.500. The summed E-state index contributed by atoms with van der Waals surface area (Å²) in [6, 6.07) is 4.01. The molecule has 7 nitrogen and oxygen atoms in total. The Morgan fingerprint density at radius 1 is 1.43 bits per heavy atom. The van der Waals surface area contributed by atoms with E-state index in [-0.39, 0.29) is 10.6 Å². The van der Waals surface area contributed by atoms with Crippen LogP contribution in [0.25, 0.3) is 0 Å². The zero-order chi connectivity index (χ0) is 14.8. The average molecular weight is 289 g/mol. The normalized spacial score (nSPS) is 18.7. The maximum atomic E-state index is 11.3. The molecule has 0 aromatic carbocycles. The maximum absolute atomic E-state index is 11.3. The highest BCUT2D eigenvalue weighted by atomic mass is 16.6. The van der Waals surface area contributed by atoms with E-state index >= 15 is 0 Å². The largest absolute Gasteiger partial charge is 0.348 e. The van der Waals surface area contributed by atoms with Crippen molar-refractivity contribution in [3.8, 4) is 0 Å². The fourth-order valence-corrected chi connectivity index (χ4v) is 2.88. The van der Waals surface area contributed by atoms with Gasteiger partial charge >= 0.3 is 0 Å². The van der Waals surface area contributed by atoms with Crippen molar-refractivity contribution in [3.05, 3.63) is 51.2 Å². The van der Waals surface area contributed by atoms with Crippen molar-refractivity contribution >= 4 is 0 Å². The van der Waals surface area contributed by atoms with E-state index in [1.165, 1.54) is 0 Å². The van der Waals surface area contributed by atoms with Gasteiger partial charge in [0.05, 0.1) is 18.1 Å². The molecular weight excluding hydrogens is 270 g/mol. The van der Waals surface area contributed by atoms with Crippen molar-refractivity contribution < 1.29 is 4.92 Å². The van der Waals surface area contributed by atoms with Crippen molar-refractivity contribution in [2.24, 2.45) is 0 Å². The smallest absolute Gasteiger partial charge is 0.299 e. The first-order valence-electron chi connectivity index (χ1n) is 7.15. The van der Waals surface area contributed by atoms with Gasteiger partial charge in [-0.25, -0.2) is 0 Å². The maximum Gasteiger partial charge on any atom is 0.299 e. The van der Waals surface area contributed by atoms with Crippen LogP contribution in [-0.2, 0) is 6.54 Å². The molecule has 0 bridgehead atoms. The molecule has 21 heavy (non-hydrogen) atoms. The van der Waals surface area contributed by atoms with Gasteiger partial charge in [0.25, 0.3) is 5.70 Å². The van der Waals surface area contributed by atoms with E-state index in [0.717, 1.165) is 36.6 Å². The molecule has 0 aliphatic carbocycles. The molecule has 3 heterocycles. The van der Waals surface area contributed by atoms with Crippen molar-refractivity contribution in [2.45, 2.75) is 19.9 Å². The monoisotopic (exact) mass is 289 g/mol. The van der Waals surface area contributed by atoms with Crippen molar-refractivity contribution in [1.82, 2.24) is 20.1 Å². The van der Waals surface area contributed by atoms with Crippen LogP contribution in [0.4, 0.5) is 0 Å². The summed E-state index contributed by atoms with van der Waals surface area (Å²) >= 11 is 0. The van der Waals surface area contributed by atoms with Crippen LogP contribution in [0.3, 0.4) is 0 Å². The SMILES string of the molecule is Cc1ccc(CN2CCCN3CNCC([N+](=O)[O-])=C32)cn1. The van der Waals surface area contributed by atoms with E-state index in [1.54, 1.807) is 0 Å². The highest BCUT2D eigenvalue weighted by Crippen LogP contribution is 2.25. The summed E-state index contributed by atoms with van der Waals surface area (Å²) in [5, 5.41) is 14.4. The Labute approximate surface area is 123 Å². The zero-order valence-electron chi connectivity index (χ0n) is 12.1. The third kappa shape index (κ3) is 2.82. The summed E-state index contributed by atoms with van der Waals surface area (Å²) in [6.45, 7) is 5.32. The first-order chi connectivity index (χ1) is 10.1. The molecule has 1 N–H and O–H groups in total. The highest BCUT2D eigenvalue weighted by Gasteiger charge is 2.34. The molecule has 3 rings (SSSR count). The van der Waals surface area contributed by atoms with Crippen LogP contribution in [0.5, 0.6) is 0 Å². The minimum Gasteiger partial charge on any atom is -0.348 e. The Hall–Kier alpha value is -2.15. The first kappa shape index (κ1) is 13.8. The molecule has 7 heteroatoms. The van der Waals surface area contributed by atoms with Crippen LogP contribution in [-0.4, -0.2) is 46.0 Å². The highest BCUT2D eigenvalue weighted by molar-refractivity contribution is 5.18. The van der Waals surface area contributed by atoms with E-state index in [2.05, 4.69) is 20.1 Å². The van der Waals surface area contributed by atoms with Gasteiger partial charge in [-0.3, -0.25) is 20.4 Å². The summed E-state index contributed by atoms with van der Waals surface area (Å²) in [5.41, 5.74) is 2.32. The van der Waals surface area contributed by atoms with Crippen LogP contribution >= 0.6 is 0 Å². The molecule has 2 aliphatic rings. The number of rotatable bonds is 3. The summed E-state index contributed by atoms with van der Waals surface area (Å²) < 4.78 is 0. The lowest BCUT2D eigenvalue weighted by Crippen LogP contribution is -2.51. The van der Waals surface area contributed by atoms with Crippen LogP contribution in [0.2, 0.25) is 0 Å². The van der Waals surface area contributed by atoms with Gasteiger partial charge in [-0.1, -0.05) is 6.07 Å².